The molecule has 11 heteroatoms. The fraction of sp³-hybridized carbons (Fsp3) is 0.696. The number of ether oxygens (including phenoxy) is 3. The Balaban J connectivity index is 1.66. The van der Waals surface area contributed by atoms with Crippen LogP contribution in [0.4, 0.5) is 4.79 Å². The molecule has 0 aromatic heterocycles. The summed E-state index contributed by atoms with van der Waals surface area (Å²) in [6.07, 6.45) is 0.924. The van der Waals surface area contributed by atoms with E-state index in [0.717, 1.165) is 25.9 Å². The minimum absolute atomic E-state index is 0.00573. The van der Waals surface area contributed by atoms with E-state index in [1.54, 1.807) is 32.9 Å². The zero-order chi connectivity index (χ0) is 25.0. The van der Waals surface area contributed by atoms with Crippen LogP contribution in [0.2, 0.25) is 0 Å². The Morgan fingerprint density at radius 3 is 2.71 bits per heavy atom. The van der Waals surface area contributed by atoms with E-state index in [0.29, 0.717) is 18.8 Å². The Kier molecular flexibility index (Phi) is 8.46. The van der Waals surface area contributed by atoms with Crippen molar-refractivity contribution in [2.75, 3.05) is 39.9 Å². The summed E-state index contributed by atoms with van der Waals surface area (Å²) in [7, 11) is -2.28. The molecule has 2 aliphatic rings. The lowest BCUT2D eigenvalue weighted by Crippen LogP contribution is -2.49. The van der Waals surface area contributed by atoms with Crippen LogP contribution in [-0.2, 0) is 19.5 Å². The monoisotopic (exact) mass is 499 g/mol. The lowest BCUT2D eigenvalue weighted by atomic mass is 9.88. The van der Waals surface area contributed by atoms with E-state index in [-0.39, 0.29) is 29.7 Å². The maximum atomic E-state index is 13.0. The minimum Gasteiger partial charge on any atom is -0.491 e. The molecular formula is C23H37N3O7S. The summed E-state index contributed by atoms with van der Waals surface area (Å²) in [4.78, 5) is 14.6. The first-order valence-electron chi connectivity index (χ1n) is 11.6. The molecule has 0 aliphatic carbocycles. The number of hydrogen-bond donors (Lipinski definition) is 3. The number of sulfonamides is 1. The van der Waals surface area contributed by atoms with Crippen molar-refractivity contribution < 1.29 is 32.5 Å². The van der Waals surface area contributed by atoms with E-state index in [1.165, 1.54) is 24.1 Å². The van der Waals surface area contributed by atoms with Crippen molar-refractivity contribution in [2.45, 2.75) is 68.3 Å². The number of nitrogens with one attached hydrogen (secondary N) is 2. The van der Waals surface area contributed by atoms with E-state index in [9.17, 15) is 18.3 Å². The van der Waals surface area contributed by atoms with Crippen LogP contribution in [0.15, 0.2) is 29.2 Å². The van der Waals surface area contributed by atoms with Crippen LogP contribution in [-0.4, -0.2) is 87.8 Å². The average molecular weight is 500 g/mol. The Bertz CT molecular complexity index is 942. The topological polar surface area (TPSA) is 126 Å². The highest BCUT2D eigenvalue weighted by Crippen LogP contribution is 2.36. The molecule has 3 rings (SSSR count). The van der Waals surface area contributed by atoms with Crippen molar-refractivity contribution in [2.24, 2.45) is 0 Å². The zero-order valence-electron chi connectivity index (χ0n) is 20.4. The quantitative estimate of drug-likeness (QED) is 0.491. The number of hydrogen-bond acceptors (Lipinski definition) is 8. The molecular weight excluding hydrogens is 462 g/mol. The van der Waals surface area contributed by atoms with Crippen LogP contribution in [0.25, 0.3) is 0 Å². The Hall–Kier alpha value is -1.92. The molecule has 2 saturated heterocycles. The molecule has 1 aromatic rings. The van der Waals surface area contributed by atoms with Crippen LogP contribution >= 0.6 is 0 Å². The fourth-order valence-corrected chi connectivity index (χ4v) is 5.03. The van der Waals surface area contributed by atoms with Gasteiger partial charge >= 0.3 is 6.09 Å². The summed E-state index contributed by atoms with van der Waals surface area (Å²) < 4.78 is 43.7. The molecule has 2 fully saturated rings. The summed E-state index contributed by atoms with van der Waals surface area (Å²) in [5, 5.41) is 14.0. The molecule has 3 N–H and O–H groups in total. The Labute approximate surface area is 202 Å². The van der Waals surface area contributed by atoms with Gasteiger partial charge in [0.1, 0.15) is 24.1 Å². The average Bonchev–Trinajstić information content (AvgIpc) is 3.18. The highest BCUT2D eigenvalue weighted by atomic mass is 32.2. The predicted octanol–water partition coefficient (Wildman–Crippen LogP) is 1.48. The van der Waals surface area contributed by atoms with Crippen molar-refractivity contribution in [3.8, 4) is 5.75 Å². The molecule has 0 radical (unpaired) electrons. The molecule has 1 unspecified atom stereocenters. The van der Waals surface area contributed by atoms with Crippen molar-refractivity contribution in [1.82, 2.24) is 14.9 Å². The highest BCUT2D eigenvalue weighted by Gasteiger charge is 2.45. The number of carbonyl (C=O) groups is 1. The van der Waals surface area contributed by atoms with Gasteiger partial charge in [-0.3, -0.25) is 0 Å². The first-order chi connectivity index (χ1) is 15.9. The molecule has 0 saturated carbocycles. The summed E-state index contributed by atoms with van der Waals surface area (Å²) in [6, 6.07) is 5.80. The number of aliphatic hydroxyl groups excluding tert-OH is 1. The predicted molar refractivity (Wildman–Crippen MR) is 126 cm³/mol. The van der Waals surface area contributed by atoms with E-state index in [1.807, 2.05) is 0 Å². The third-order valence-electron chi connectivity index (χ3n) is 6.01. The smallest absolute Gasteiger partial charge is 0.410 e. The number of aliphatic hydroxyl groups is 1. The van der Waals surface area contributed by atoms with Gasteiger partial charge in [-0.05, 0) is 72.3 Å². The zero-order valence-corrected chi connectivity index (χ0v) is 21.2. The number of benzene rings is 1. The molecule has 34 heavy (non-hydrogen) atoms. The second kappa shape index (κ2) is 10.8. The van der Waals surface area contributed by atoms with Gasteiger partial charge in [-0.2, -0.15) is 0 Å². The maximum absolute atomic E-state index is 13.0. The fourth-order valence-electron chi connectivity index (χ4n) is 4.27. The van der Waals surface area contributed by atoms with Gasteiger partial charge in [-0.1, -0.05) is 6.07 Å². The molecule has 192 valence electrons. The summed E-state index contributed by atoms with van der Waals surface area (Å²) in [5.41, 5.74) is -0.932. The lowest BCUT2D eigenvalue weighted by molar-refractivity contribution is -0.0227. The van der Waals surface area contributed by atoms with Gasteiger partial charge in [0, 0.05) is 6.07 Å². The van der Waals surface area contributed by atoms with Gasteiger partial charge in [0.15, 0.2) is 0 Å². The van der Waals surface area contributed by atoms with Crippen molar-refractivity contribution >= 4 is 16.1 Å². The molecule has 2 atom stereocenters. The molecule has 10 nitrogen and oxygen atoms in total. The lowest BCUT2D eigenvalue weighted by Gasteiger charge is -2.35. The first-order valence-corrected chi connectivity index (χ1v) is 13.1. The third kappa shape index (κ3) is 7.05. The second-order valence-corrected chi connectivity index (χ2v) is 11.8. The Morgan fingerprint density at radius 2 is 2.06 bits per heavy atom. The second-order valence-electron chi connectivity index (χ2n) is 9.88. The molecule has 1 aromatic carbocycles. The minimum atomic E-state index is -3.61. The SMILES string of the molecule is CNS(=O)(=O)c1cccc(OC[C@@H](O)CN(C(=O)OC(C)(C)C)C2COC3(CCNCC3)C2)c1. The van der Waals surface area contributed by atoms with Gasteiger partial charge in [0.2, 0.25) is 10.0 Å². The number of rotatable bonds is 8. The highest BCUT2D eigenvalue weighted by molar-refractivity contribution is 7.89. The molecule has 1 amide bonds. The number of amides is 1. The summed E-state index contributed by atoms with van der Waals surface area (Å²) in [5.74, 6) is 0.303. The van der Waals surface area contributed by atoms with Crippen molar-refractivity contribution in [3.05, 3.63) is 24.3 Å². The van der Waals surface area contributed by atoms with Crippen molar-refractivity contribution in [3.63, 3.8) is 0 Å². The summed E-state index contributed by atoms with van der Waals surface area (Å²) in [6.45, 7) is 7.42. The van der Waals surface area contributed by atoms with E-state index >= 15 is 0 Å². The Morgan fingerprint density at radius 1 is 1.35 bits per heavy atom. The number of nitrogens with zero attached hydrogens (tertiary/aromatic N) is 1. The van der Waals surface area contributed by atoms with Crippen LogP contribution in [0.3, 0.4) is 0 Å². The number of carbonyl (C=O) groups excluding carboxylic acids is 1. The number of piperidine rings is 1. The van der Waals surface area contributed by atoms with Crippen LogP contribution in [0.1, 0.15) is 40.0 Å². The normalized spacial score (nSPS) is 21.3. The molecule has 1 spiro atoms. The molecule has 2 heterocycles. The van der Waals surface area contributed by atoms with Gasteiger partial charge in [-0.25, -0.2) is 17.9 Å². The third-order valence-corrected chi connectivity index (χ3v) is 7.42. The summed E-state index contributed by atoms with van der Waals surface area (Å²) >= 11 is 0. The van der Waals surface area contributed by atoms with Crippen LogP contribution in [0, 0.1) is 0 Å². The van der Waals surface area contributed by atoms with Gasteiger partial charge in [0.25, 0.3) is 0 Å². The van der Waals surface area contributed by atoms with Gasteiger partial charge in [-0.15, -0.1) is 0 Å². The molecule has 2 aliphatic heterocycles. The van der Waals surface area contributed by atoms with Gasteiger partial charge in [0.05, 0.1) is 29.7 Å². The van der Waals surface area contributed by atoms with Crippen LogP contribution < -0.4 is 14.8 Å². The van der Waals surface area contributed by atoms with Crippen molar-refractivity contribution in [1.29, 1.82) is 0 Å². The van der Waals surface area contributed by atoms with E-state index in [4.69, 9.17) is 14.2 Å². The standard InChI is InChI=1S/C23H37N3O7S/c1-22(2,3)33-21(28)26(17-13-23(32-15-17)8-10-25-11-9-23)14-18(27)16-31-19-6-5-7-20(12-19)34(29,30)24-4/h5-7,12,17-18,24-25,27H,8-11,13-16H2,1-4H3/t17?,18-/m0/s1. The van der Waals surface area contributed by atoms with Gasteiger partial charge < -0.3 is 29.5 Å². The maximum Gasteiger partial charge on any atom is 0.410 e. The van der Waals surface area contributed by atoms with E-state index in [2.05, 4.69) is 10.0 Å². The largest absolute Gasteiger partial charge is 0.491 e. The molecule has 0 bridgehead atoms. The van der Waals surface area contributed by atoms with Crippen LogP contribution in [0.5, 0.6) is 5.75 Å². The van der Waals surface area contributed by atoms with E-state index < -0.39 is 27.8 Å². The first kappa shape index (κ1) is 26.7.